The Kier molecular flexibility index (Phi) is 5.85. The smallest absolute Gasteiger partial charge is 0.144 e. The maximum absolute atomic E-state index is 9.10. The van der Waals surface area contributed by atoms with Crippen molar-refractivity contribution < 1.29 is 0 Å². The molecular weight excluding hydrogens is 230 g/mol. The molecule has 0 aliphatic carbocycles. The SMILES string of the molecule is CCSCCCNc1nc(C)cc(C)c1C#N. The first-order valence-corrected chi connectivity index (χ1v) is 7.04. The Morgan fingerprint density at radius 2 is 2.24 bits per heavy atom. The van der Waals surface area contributed by atoms with Crippen LogP contribution in [0.25, 0.3) is 0 Å². The first-order valence-electron chi connectivity index (χ1n) is 5.89. The van der Waals surface area contributed by atoms with Crippen LogP contribution in [-0.4, -0.2) is 23.0 Å². The Labute approximate surface area is 108 Å². The number of aryl methyl sites for hydroxylation is 2. The second-order valence-corrected chi connectivity index (χ2v) is 5.29. The highest BCUT2D eigenvalue weighted by Crippen LogP contribution is 2.17. The Morgan fingerprint density at radius 1 is 1.47 bits per heavy atom. The standard InChI is InChI=1S/C13H19N3S/c1-4-17-7-5-6-15-13-12(9-14)10(2)8-11(3)16-13/h8H,4-7H2,1-3H3,(H,15,16). The predicted molar refractivity (Wildman–Crippen MR) is 74.5 cm³/mol. The van der Waals surface area contributed by atoms with E-state index < -0.39 is 0 Å². The maximum Gasteiger partial charge on any atom is 0.144 e. The fourth-order valence-electron chi connectivity index (χ4n) is 1.63. The van der Waals surface area contributed by atoms with Crippen molar-refractivity contribution in [1.82, 2.24) is 4.98 Å². The van der Waals surface area contributed by atoms with E-state index in [2.05, 4.69) is 23.3 Å². The van der Waals surface area contributed by atoms with E-state index in [1.165, 1.54) is 0 Å². The van der Waals surface area contributed by atoms with Gasteiger partial charge in [-0.1, -0.05) is 6.92 Å². The lowest BCUT2D eigenvalue weighted by Gasteiger charge is -2.09. The second kappa shape index (κ2) is 7.18. The largest absolute Gasteiger partial charge is 0.369 e. The van der Waals surface area contributed by atoms with E-state index in [9.17, 15) is 0 Å². The summed E-state index contributed by atoms with van der Waals surface area (Å²) in [6.07, 6.45) is 1.10. The molecule has 0 fully saturated rings. The first-order chi connectivity index (χ1) is 8.19. The zero-order valence-corrected chi connectivity index (χ0v) is 11.5. The zero-order chi connectivity index (χ0) is 12.7. The summed E-state index contributed by atoms with van der Waals surface area (Å²) in [7, 11) is 0. The Hall–Kier alpha value is -1.21. The first kappa shape index (κ1) is 13.9. The van der Waals surface area contributed by atoms with Crippen molar-refractivity contribution >= 4 is 17.6 Å². The van der Waals surface area contributed by atoms with Crippen molar-refractivity contribution in [1.29, 1.82) is 5.26 Å². The number of pyridine rings is 1. The molecule has 0 saturated carbocycles. The molecule has 0 aliphatic rings. The van der Waals surface area contributed by atoms with Gasteiger partial charge in [0.1, 0.15) is 11.9 Å². The molecule has 3 nitrogen and oxygen atoms in total. The lowest BCUT2D eigenvalue weighted by molar-refractivity contribution is 0.973. The van der Waals surface area contributed by atoms with Crippen LogP contribution in [0.4, 0.5) is 5.82 Å². The van der Waals surface area contributed by atoms with E-state index in [-0.39, 0.29) is 0 Å². The van der Waals surface area contributed by atoms with Crippen molar-refractivity contribution in [2.24, 2.45) is 0 Å². The normalized spacial score (nSPS) is 10.0. The molecule has 0 spiro atoms. The predicted octanol–water partition coefficient (Wildman–Crippen LogP) is 3.13. The third-order valence-electron chi connectivity index (χ3n) is 2.42. The molecule has 4 heteroatoms. The average Bonchev–Trinajstić information content (AvgIpc) is 2.28. The van der Waals surface area contributed by atoms with Gasteiger partial charge < -0.3 is 5.32 Å². The van der Waals surface area contributed by atoms with E-state index >= 15 is 0 Å². The van der Waals surface area contributed by atoms with Gasteiger partial charge in [-0.2, -0.15) is 17.0 Å². The minimum Gasteiger partial charge on any atom is -0.369 e. The van der Waals surface area contributed by atoms with Crippen LogP contribution in [-0.2, 0) is 0 Å². The molecule has 1 aromatic rings. The summed E-state index contributed by atoms with van der Waals surface area (Å²) < 4.78 is 0. The molecular formula is C13H19N3S. The number of anilines is 1. The number of nitrogens with zero attached hydrogens (tertiary/aromatic N) is 2. The zero-order valence-electron chi connectivity index (χ0n) is 10.7. The summed E-state index contributed by atoms with van der Waals surface area (Å²) in [6.45, 7) is 6.94. The molecule has 0 bridgehead atoms. The van der Waals surface area contributed by atoms with E-state index in [1.807, 2.05) is 31.7 Å². The maximum atomic E-state index is 9.10. The van der Waals surface area contributed by atoms with Crippen molar-refractivity contribution in [2.75, 3.05) is 23.4 Å². The molecule has 0 unspecified atom stereocenters. The van der Waals surface area contributed by atoms with Gasteiger partial charge in [0.25, 0.3) is 0 Å². The van der Waals surface area contributed by atoms with Gasteiger partial charge in [-0.15, -0.1) is 0 Å². The summed E-state index contributed by atoms with van der Waals surface area (Å²) in [5, 5.41) is 12.4. The highest BCUT2D eigenvalue weighted by Gasteiger charge is 2.07. The van der Waals surface area contributed by atoms with Crippen LogP contribution in [0.5, 0.6) is 0 Å². The van der Waals surface area contributed by atoms with Crippen LogP contribution in [0.1, 0.15) is 30.2 Å². The number of rotatable bonds is 6. The van der Waals surface area contributed by atoms with Gasteiger partial charge in [-0.05, 0) is 43.4 Å². The van der Waals surface area contributed by atoms with Gasteiger partial charge in [-0.3, -0.25) is 0 Å². The van der Waals surface area contributed by atoms with Crippen LogP contribution in [0.2, 0.25) is 0 Å². The van der Waals surface area contributed by atoms with Crippen LogP contribution in [0.15, 0.2) is 6.07 Å². The number of hydrogen-bond acceptors (Lipinski definition) is 4. The summed E-state index contributed by atoms with van der Waals surface area (Å²) >= 11 is 1.93. The fraction of sp³-hybridized carbons (Fsp3) is 0.538. The number of aromatic nitrogens is 1. The van der Waals surface area contributed by atoms with E-state index in [1.54, 1.807) is 0 Å². The summed E-state index contributed by atoms with van der Waals surface area (Å²) in [6, 6.07) is 4.15. The van der Waals surface area contributed by atoms with Gasteiger partial charge in [0.15, 0.2) is 0 Å². The number of nitriles is 1. The van der Waals surface area contributed by atoms with E-state index in [4.69, 9.17) is 5.26 Å². The fourth-order valence-corrected chi connectivity index (χ4v) is 2.27. The summed E-state index contributed by atoms with van der Waals surface area (Å²) in [4.78, 5) is 4.38. The molecule has 0 aromatic carbocycles. The second-order valence-electron chi connectivity index (χ2n) is 3.89. The molecule has 0 amide bonds. The molecule has 92 valence electrons. The minimum atomic E-state index is 0.666. The molecule has 1 N–H and O–H groups in total. The van der Waals surface area contributed by atoms with Crippen LogP contribution in [0.3, 0.4) is 0 Å². The molecule has 1 heterocycles. The van der Waals surface area contributed by atoms with E-state index in [0.717, 1.165) is 41.5 Å². The quantitative estimate of drug-likeness (QED) is 0.787. The highest BCUT2D eigenvalue weighted by atomic mass is 32.2. The molecule has 0 radical (unpaired) electrons. The van der Waals surface area contributed by atoms with Crippen molar-refractivity contribution in [3.63, 3.8) is 0 Å². The average molecular weight is 249 g/mol. The van der Waals surface area contributed by atoms with Crippen molar-refractivity contribution in [2.45, 2.75) is 27.2 Å². The Morgan fingerprint density at radius 3 is 2.88 bits per heavy atom. The summed E-state index contributed by atoms with van der Waals surface area (Å²) in [5.74, 6) is 3.04. The van der Waals surface area contributed by atoms with Gasteiger partial charge in [0.05, 0.1) is 5.56 Å². The summed E-state index contributed by atoms with van der Waals surface area (Å²) in [5.41, 5.74) is 2.61. The van der Waals surface area contributed by atoms with Crippen LogP contribution in [0, 0.1) is 25.2 Å². The monoisotopic (exact) mass is 249 g/mol. The molecule has 0 aliphatic heterocycles. The van der Waals surface area contributed by atoms with Crippen LogP contribution >= 0.6 is 11.8 Å². The lowest BCUT2D eigenvalue weighted by atomic mass is 10.1. The van der Waals surface area contributed by atoms with E-state index in [0.29, 0.717) is 5.56 Å². The van der Waals surface area contributed by atoms with Gasteiger partial charge in [0.2, 0.25) is 0 Å². The molecule has 17 heavy (non-hydrogen) atoms. The number of hydrogen-bond donors (Lipinski definition) is 1. The third-order valence-corrected chi connectivity index (χ3v) is 3.40. The molecule has 0 saturated heterocycles. The highest BCUT2D eigenvalue weighted by molar-refractivity contribution is 7.99. The molecule has 1 rings (SSSR count). The molecule has 0 atom stereocenters. The topological polar surface area (TPSA) is 48.7 Å². The lowest BCUT2D eigenvalue weighted by Crippen LogP contribution is -2.08. The molecule has 1 aromatic heterocycles. The van der Waals surface area contributed by atoms with Gasteiger partial charge in [0, 0.05) is 12.2 Å². The van der Waals surface area contributed by atoms with Crippen molar-refractivity contribution in [3.05, 3.63) is 22.9 Å². The third kappa shape index (κ3) is 4.27. The number of nitrogens with one attached hydrogen (secondary N) is 1. The van der Waals surface area contributed by atoms with Gasteiger partial charge in [-0.25, -0.2) is 4.98 Å². The Balaban J connectivity index is 2.61. The van der Waals surface area contributed by atoms with Crippen molar-refractivity contribution in [3.8, 4) is 6.07 Å². The van der Waals surface area contributed by atoms with Gasteiger partial charge >= 0.3 is 0 Å². The van der Waals surface area contributed by atoms with Crippen LogP contribution < -0.4 is 5.32 Å². The minimum absolute atomic E-state index is 0.666. The number of thioether (sulfide) groups is 1. The Bertz CT molecular complexity index is 410.